The van der Waals surface area contributed by atoms with Gasteiger partial charge in [0.1, 0.15) is 0 Å². The molecule has 0 saturated heterocycles. The molecule has 0 amide bonds. The molecule has 3 N–H and O–H groups in total. The lowest BCUT2D eigenvalue weighted by Crippen LogP contribution is -2.07. The first-order chi connectivity index (χ1) is 9.25. The zero-order chi connectivity index (χ0) is 14.1. The predicted octanol–water partition coefficient (Wildman–Crippen LogP) is 3.50. The Morgan fingerprint density at radius 2 is 1.26 bits per heavy atom. The van der Waals surface area contributed by atoms with Crippen molar-refractivity contribution in [2.75, 3.05) is 19.0 Å². The fourth-order valence-electron chi connectivity index (χ4n) is 1.43. The SMILES string of the molecule is CN(C)c1ccc(N=Nc2ccccc2)cc1.NO. The summed E-state index contributed by atoms with van der Waals surface area (Å²) in [5.41, 5.74) is 2.88. The van der Waals surface area contributed by atoms with Crippen LogP contribution in [-0.2, 0) is 0 Å². The van der Waals surface area contributed by atoms with Gasteiger partial charge in [0.25, 0.3) is 0 Å². The molecule has 0 saturated carbocycles. The highest BCUT2D eigenvalue weighted by atomic mass is 16.4. The molecule has 19 heavy (non-hydrogen) atoms. The number of hydrogen-bond acceptors (Lipinski definition) is 5. The smallest absolute Gasteiger partial charge is 0.0858 e. The lowest BCUT2D eigenvalue weighted by atomic mass is 10.3. The van der Waals surface area contributed by atoms with Gasteiger partial charge in [-0.1, -0.05) is 18.2 Å². The van der Waals surface area contributed by atoms with E-state index in [9.17, 15) is 0 Å². The molecule has 0 radical (unpaired) electrons. The van der Waals surface area contributed by atoms with E-state index in [1.165, 1.54) is 0 Å². The maximum absolute atomic E-state index is 6.50. The van der Waals surface area contributed by atoms with Crippen molar-refractivity contribution in [1.29, 1.82) is 0 Å². The van der Waals surface area contributed by atoms with Gasteiger partial charge in [-0.25, -0.2) is 5.90 Å². The van der Waals surface area contributed by atoms with Gasteiger partial charge < -0.3 is 10.1 Å². The molecule has 2 rings (SSSR count). The highest BCUT2D eigenvalue weighted by molar-refractivity contribution is 5.51. The molecule has 0 fully saturated rings. The van der Waals surface area contributed by atoms with Gasteiger partial charge in [-0.2, -0.15) is 10.2 Å². The van der Waals surface area contributed by atoms with Crippen LogP contribution in [0.5, 0.6) is 0 Å². The van der Waals surface area contributed by atoms with E-state index in [1.807, 2.05) is 68.7 Å². The third kappa shape index (κ3) is 4.87. The van der Waals surface area contributed by atoms with E-state index in [-0.39, 0.29) is 0 Å². The molecule has 0 aliphatic rings. The normalized spacial score (nSPS) is 9.89. The second-order valence-corrected chi connectivity index (χ2v) is 3.95. The van der Waals surface area contributed by atoms with Gasteiger partial charge in [-0.3, -0.25) is 0 Å². The van der Waals surface area contributed by atoms with E-state index >= 15 is 0 Å². The molecule has 0 aliphatic heterocycles. The van der Waals surface area contributed by atoms with E-state index in [2.05, 4.69) is 21.0 Å². The maximum Gasteiger partial charge on any atom is 0.0858 e. The number of hydrogen-bond donors (Lipinski definition) is 2. The van der Waals surface area contributed by atoms with Gasteiger partial charge in [0, 0.05) is 19.8 Å². The Morgan fingerprint density at radius 3 is 1.74 bits per heavy atom. The van der Waals surface area contributed by atoms with Crippen molar-refractivity contribution < 1.29 is 5.21 Å². The minimum atomic E-state index is 0.861. The first-order valence-electron chi connectivity index (χ1n) is 5.76. The van der Waals surface area contributed by atoms with Crippen LogP contribution >= 0.6 is 0 Å². The molecular weight excluding hydrogens is 240 g/mol. The van der Waals surface area contributed by atoms with Crippen LogP contribution < -0.4 is 10.8 Å². The fourth-order valence-corrected chi connectivity index (χ4v) is 1.43. The molecule has 0 atom stereocenters. The van der Waals surface area contributed by atoms with E-state index < -0.39 is 0 Å². The van der Waals surface area contributed by atoms with Crippen LogP contribution in [0.4, 0.5) is 17.1 Å². The van der Waals surface area contributed by atoms with Gasteiger partial charge >= 0.3 is 0 Å². The summed E-state index contributed by atoms with van der Waals surface area (Å²) in [5, 5.41) is 14.8. The minimum Gasteiger partial charge on any atom is -0.378 e. The van der Waals surface area contributed by atoms with E-state index in [0.29, 0.717) is 0 Å². The molecule has 0 aromatic heterocycles. The van der Waals surface area contributed by atoms with Gasteiger partial charge in [-0.05, 0) is 36.4 Å². The zero-order valence-corrected chi connectivity index (χ0v) is 11.1. The van der Waals surface area contributed by atoms with Crippen molar-refractivity contribution in [3.8, 4) is 0 Å². The number of nitrogens with two attached hydrogens (primary N) is 1. The zero-order valence-electron chi connectivity index (χ0n) is 11.1. The molecule has 0 aliphatic carbocycles. The van der Waals surface area contributed by atoms with Crippen molar-refractivity contribution in [1.82, 2.24) is 0 Å². The van der Waals surface area contributed by atoms with Crippen LogP contribution in [0.1, 0.15) is 0 Å². The van der Waals surface area contributed by atoms with Gasteiger partial charge in [0.2, 0.25) is 0 Å². The van der Waals surface area contributed by atoms with Crippen molar-refractivity contribution in [2.24, 2.45) is 16.1 Å². The average molecular weight is 258 g/mol. The first kappa shape index (κ1) is 14.8. The molecule has 2 aromatic carbocycles. The van der Waals surface area contributed by atoms with Crippen molar-refractivity contribution >= 4 is 17.1 Å². The average Bonchev–Trinajstić information content (AvgIpc) is 2.49. The van der Waals surface area contributed by atoms with Gasteiger partial charge in [-0.15, -0.1) is 0 Å². The summed E-state index contributed by atoms with van der Waals surface area (Å²) >= 11 is 0. The standard InChI is InChI=1S/C14H15N3.H3NO/c1-17(2)14-10-8-13(9-11-14)16-15-12-6-4-3-5-7-12;1-2/h3-11H,1-2H3;2H,1H2. The Kier molecular flexibility index (Phi) is 6.21. The monoisotopic (exact) mass is 258 g/mol. The largest absolute Gasteiger partial charge is 0.378 e. The van der Waals surface area contributed by atoms with Crippen molar-refractivity contribution in [3.05, 3.63) is 54.6 Å². The quantitative estimate of drug-likeness (QED) is 0.653. The summed E-state index contributed by atoms with van der Waals surface area (Å²) in [6.45, 7) is 0. The minimum absolute atomic E-state index is 0.861. The molecule has 2 aromatic rings. The molecule has 0 spiro atoms. The van der Waals surface area contributed by atoms with Crippen LogP contribution in [0.3, 0.4) is 0 Å². The Bertz CT molecular complexity index is 495. The van der Waals surface area contributed by atoms with E-state index in [1.54, 1.807) is 0 Å². The molecule has 0 bridgehead atoms. The molecule has 0 heterocycles. The Labute approximate surface area is 113 Å². The number of nitrogens with zero attached hydrogens (tertiary/aromatic N) is 3. The van der Waals surface area contributed by atoms with Crippen LogP contribution in [0.15, 0.2) is 64.8 Å². The Balaban J connectivity index is 0.000000861. The molecule has 5 nitrogen and oxygen atoms in total. The maximum atomic E-state index is 6.50. The Morgan fingerprint density at radius 1 is 0.789 bits per heavy atom. The van der Waals surface area contributed by atoms with Crippen molar-refractivity contribution in [3.63, 3.8) is 0 Å². The molecule has 100 valence electrons. The summed E-state index contributed by atoms with van der Waals surface area (Å²) in [7, 11) is 4.03. The molecule has 5 heteroatoms. The van der Waals surface area contributed by atoms with Gasteiger partial charge in [0.05, 0.1) is 11.4 Å². The predicted molar refractivity (Wildman–Crippen MR) is 77.4 cm³/mol. The summed E-state index contributed by atoms with van der Waals surface area (Å²) < 4.78 is 0. The van der Waals surface area contributed by atoms with Gasteiger partial charge in [0.15, 0.2) is 0 Å². The summed E-state index contributed by atoms with van der Waals surface area (Å²) in [5.74, 6) is 3.50. The van der Waals surface area contributed by atoms with Crippen molar-refractivity contribution in [2.45, 2.75) is 0 Å². The second kappa shape index (κ2) is 7.97. The third-order valence-corrected chi connectivity index (χ3v) is 2.40. The van der Waals surface area contributed by atoms with E-state index in [0.717, 1.165) is 17.1 Å². The topological polar surface area (TPSA) is 74.2 Å². The highest BCUT2D eigenvalue weighted by Gasteiger charge is 1.94. The van der Waals surface area contributed by atoms with E-state index in [4.69, 9.17) is 5.21 Å². The first-order valence-corrected chi connectivity index (χ1v) is 5.76. The van der Waals surface area contributed by atoms with Crippen LogP contribution in [0.25, 0.3) is 0 Å². The number of rotatable bonds is 3. The third-order valence-electron chi connectivity index (χ3n) is 2.40. The fraction of sp³-hybridized carbons (Fsp3) is 0.143. The van der Waals surface area contributed by atoms with Crippen LogP contribution in [-0.4, -0.2) is 19.3 Å². The number of anilines is 1. The lowest BCUT2D eigenvalue weighted by molar-refractivity contribution is 0.311. The highest BCUT2D eigenvalue weighted by Crippen LogP contribution is 2.20. The number of benzene rings is 2. The second-order valence-electron chi connectivity index (χ2n) is 3.95. The lowest BCUT2D eigenvalue weighted by Gasteiger charge is -2.11. The summed E-state index contributed by atoms with van der Waals surface area (Å²) in [6.07, 6.45) is 0. The molecule has 0 unspecified atom stereocenters. The van der Waals surface area contributed by atoms with Crippen LogP contribution in [0.2, 0.25) is 0 Å². The van der Waals surface area contributed by atoms with Crippen LogP contribution in [0, 0.1) is 0 Å². The molecular formula is C14H18N4O. The number of azo groups is 1. The summed E-state index contributed by atoms with van der Waals surface area (Å²) in [4.78, 5) is 2.05. The summed E-state index contributed by atoms with van der Waals surface area (Å²) in [6, 6.07) is 17.7. The Hall–Kier alpha value is -2.24.